The molecule has 0 saturated carbocycles. The normalized spacial score (nSPS) is 18.6. The first-order valence-corrected chi connectivity index (χ1v) is 7.57. The highest BCUT2D eigenvalue weighted by Gasteiger charge is 2.33. The van der Waals surface area contributed by atoms with Gasteiger partial charge in [0.15, 0.2) is 0 Å². The smallest absolute Gasteiger partial charge is 0.416 e. The van der Waals surface area contributed by atoms with E-state index in [1.165, 1.54) is 11.0 Å². The van der Waals surface area contributed by atoms with Crippen molar-refractivity contribution in [3.05, 3.63) is 23.8 Å². The van der Waals surface area contributed by atoms with Crippen molar-refractivity contribution in [2.75, 3.05) is 18.8 Å². The molecule has 1 aromatic rings. The van der Waals surface area contributed by atoms with Crippen LogP contribution in [-0.4, -0.2) is 35.8 Å². The van der Waals surface area contributed by atoms with Crippen LogP contribution in [0.25, 0.3) is 0 Å². The number of alkyl halides is 3. The van der Waals surface area contributed by atoms with E-state index < -0.39 is 23.4 Å². The molecule has 8 heteroatoms. The fourth-order valence-corrected chi connectivity index (χ4v) is 2.33. The lowest BCUT2D eigenvalue weighted by Crippen LogP contribution is -2.36. The Labute approximate surface area is 138 Å². The maximum Gasteiger partial charge on any atom is 0.416 e. The molecule has 1 aliphatic heterocycles. The van der Waals surface area contributed by atoms with E-state index >= 15 is 0 Å². The molecule has 134 valence electrons. The van der Waals surface area contributed by atoms with Crippen LogP contribution >= 0.6 is 0 Å². The Bertz CT molecular complexity index is 612. The number of rotatable bonds is 2. The molecule has 0 unspecified atom stereocenters. The zero-order valence-corrected chi connectivity index (χ0v) is 13.8. The average Bonchev–Trinajstić information content (AvgIpc) is 2.86. The molecule has 1 aromatic carbocycles. The van der Waals surface area contributed by atoms with Crippen molar-refractivity contribution in [2.24, 2.45) is 0 Å². The molecule has 1 aliphatic rings. The largest absolute Gasteiger partial charge is 0.486 e. The fourth-order valence-electron chi connectivity index (χ4n) is 2.33. The second-order valence-electron chi connectivity index (χ2n) is 6.71. The molecule has 2 N–H and O–H groups in total. The number of hydrogen-bond donors (Lipinski definition) is 1. The van der Waals surface area contributed by atoms with Crippen LogP contribution in [0.1, 0.15) is 32.8 Å². The maximum absolute atomic E-state index is 12.6. The Hall–Kier alpha value is -2.12. The molecule has 0 aliphatic carbocycles. The summed E-state index contributed by atoms with van der Waals surface area (Å²) >= 11 is 0. The minimum Gasteiger partial charge on any atom is -0.486 e. The maximum atomic E-state index is 12.6. The van der Waals surface area contributed by atoms with Crippen molar-refractivity contribution in [2.45, 2.75) is 45.1 Å². The molecule has 24 heavy (non-hydrogen) atoms. The quantitative estimate of drug-likeness (QED) is 0.830. The van der Waals surface area contributed by atoms with Crippen LogP contribution in [0.3, 0.4) is 0 Å². The van der Waals surface area contributed by atoms with E-state index in [2.05, 4.69) is 0 Å². The van der Waals surface area contributed by atoms with Crippen molar-refractivity contribution in [1.82, 2.24) is 4.90 Å². The molecule has 1 heterocycles. The van der Waals surface area contributed by atoms with Crippen molar-refractivity contribution in [1.29, 1.82) is 0 Å². The number of anilines is 1. The SMILES string of the molecule is CC(C)(C)OC(=O)N1CC[C@@H](Oc2ccc(C(F)(F)F)cc2N)C1. The van der Waals surface area contributed by atoms with E-state index in [0.29, 0.717) is 19.5 Å². The van der Waals surface area contributed by atoms with Crippen LogP contribution in [0.5, 0.6) is 5.75 Å². The lowest BCUT2D eigenvalue weighted by atomic mass is 10.2. The van der Waals surface area contributed by atoms with Crippen molar-refractivity contribution < 1.29 is 27.4 Å². The first-order chi connectivity index (χ1) is 11.0. The first kappa shape index (κ1) is 18.2. The summed E-state index contributed by atoms with van der Waals surface area (Å²) in [6.45, 7) is 6.09. The van der Waals surface area contributed by atoms with Crippen LogP contribution in [0.15, 0.2) is 18.2 Å². The zero-order chi connectivity index (χ0) is 18.1. The fraction of sp³-hybridized carbons (Fsp3) is 0.562. The molecule has 0 radical (unpaired) electrons. The van der Waals surface area contributed by atoms with Gasteiger partial charge in [-0.25, -0.2) is 4.79 Å². The third-order valence-corrected chi connectivity index (χ3v) is 3.43. The van der Waals surface area contributed by atoms with Gasteiger partial charge in [0.1, 0.15) is 17.5 Å². The van der Waals surface area contributed by atoms with Crippen LogP contribution in [-0.2, 0) is 10.9 Å². The van der Waals surface area contributed by atoms with Crippen LogP contribution in [0.4, 0.5) is 23.7 Å². The molecular formula is C16H21F3N2O3. The molecule has 0 spiro atoms. The summed E-state index contributed by atoms with van der Waals surface area (Å²) in [5.41, 5.74) is 4.15. The number of nitrogens with two attached hydrogens (primary N) is 1. The average molecular weight is 346 g/mol. The molecule has 5 nitrogen and oxygen atoms in total. The molecule has 1 fully saturated rings. The van der Waals surface area contributed by atoms with E-state index in [1.807, 2.05) is 0 Å². The van der Waals surface area contributed by atoms with Gasteiger partial charge in [0.05, 0.1) is 17.8 Å². The number of benzene rings is 1. The summed E-state index contributed by atoms with van der Waals surface area (Å²) < 4.78 is 48.8. The number of nitrogens with zero attached hydrogens (tertiary/aromatic N) is 1. The molecular weight excluding hydrogens is 325 g/mol. The summed E-state index contributed by atoms with van der Waals surface area (Å²) in [5.74, 6) is 0.180. The predicted molar refractivity (Wildman–Crippen MR) is 82.7 cm³/mol. The minimum atomic E-state index is -4.45. The molecule has 0 bridgehead atoms. The molecule has 1 atom stereocenters. The third kappa shape index (κ3) is 4.69. The predicted octanol–water partition coefficient (Wildman–Crippen LogP) is 3.68. The van der Waals surface area contributed by atoms with Gasteiger partial charge in [-0.1, -0.05) is 0 Å². The highest BCUT2D eigenvalue weighted by Crippen LogP contribution is 2.34. The topological polar surface area (TPSA) is 64.8 Å². The summed E-state index contributed by atoms with van der Waals surface area (Å²) in [4.78, 5) is 13.5. The number of carbonyl (C=O) groups is 1. The molecule has 2 rings (SSSR count). The van der Waals surface area contributed by atoms with Gasteiger partial charge in [-0.3, -0.25) is 0 Å². The van der Waals surface area contributed by atoms with E-state index in [-0.39, 0.29) is 17.5 Å². The zero-order valence-electron chi connectivity index (χ0n) is 13.8. The van der Waals surface area contributed by atoms with Crippen molar-refractivity contribution >= 4 is 11.8 Å². The standard InChI is InChI=1S/C16H21F3N2O3/c1-15(2,3)24-14(22)21-7-6-11(9-21)23-13-5-4-10(8-12(13)20)16(17,18)19/h4-5,8,11H,6-7,9,20H2,1-3H3/t11-/m1/s1. The summed E-state index contributed by atoms with van der Waals surface area (Å²) in [5, 5.41) is 0. The second kappa shape index (κ2) is 6.41. The van der Waals surface area contributed by atoms with E-state index in [4.69, 9.17) is 15.2 Å². The highest BCUT2D eigenvalue weighted by molar-refractivity contribution is 5.68. The van der Waals surface area contributed by atoms with Crippen LogP contribution in [0, 0.1) is 0 Å². The van der Waals surface area contributed by atoms with Crippen molar-refractivity contribution in [3.63, 3.8) is 0 Å². The van der Waals surface area contributed by atoms with E-state index in [1.54, 1.807) is 20.8 Å². The minimum absolute atomic E-state index is 0.0828. The van der Waals surface area contributed by atoms with Crippen LogP contribution < -0.4 is 10.5 Å². The number of carbonyl (C=O) groups excluding carboxylic acids is 1. The number of hydrogen-bond acceptors (Lipinski definition) is 4. The third-order valence-electron chi connectivity index (χ3n) is 3.43. The Morgan fingerprint density at radius 1 is 1.29 bits per heavy atom. The Morgan fingerprint density at radius 3 is 2.50 bits per heavy atom. The van der Waals surface area contributed by atoms with Gasteiger partial charge in [0, 0.05) is 13.0 Å². The summed E-state index contributed by atoms with van der Waals surface area (Å²) in [7, 11) is 0. The lowest BCUT2D eigenvalue weighted by molar-refractivity contribution is -0.137. The van der Waals surface area contributed by atoms with Gasteiger partial charge in [0.25, 0.3) is 0 Å². The van der Waals surface area contributed by atoms with E-state index in [0.717, 1.165) is 12.1 Å². The molecule has 1 saturated heterocycles. The number of amides is 1. The van der Waals surface area contributed by atoms with Gasteiger partial charge in [-0.15, -0.1) is 0 Å². The monoisotopic (exact) mass is 346 g/mol. The van der Waals surface area contributed by atoms with E-state index in [9.17, 15) is 18.0 Å². The second-order valence-corrected chi connectivity index (χ2v) is 6.71. The molecule has 0 aromatic heterocycles. The summed E-state index contributed by atoms with van der Waals surface area (Å²) in [6, 6.07) is 2.97. The van der Waals surface area contributed by atoms with Crippen molar-refractivity contribution in [3.8, 4) is 5.75 Å². The molecule has 1 amide bonds. The van der Waals surface area contributed by atoms with Gasteiger partial charge in [0.2, 0.25) is 0 Å². The number of likely N-dealkylation sites (tertiary alicyclic amines) is 1. The van der Waals surface area contributed by atoms with Crippen LogP contribution in [0.2, 0.25) is 0 Å². The van der Waals surface area contributed by atoms with Gasteiger partial charge < -0.3 is 20.1 Å². The Kier molecular flexibility index (Phi) is 4.87. The highest BCUT2D eigenvalue weighted by atomic mass is 19.4. The number of ether oxygens (including phenoxy) is 2. The van der Waals surface area contributed by atoms with Gasteiger partial charge in [-0.2, -0.15) is 13.2 Å². The number of halogens is 3. The Balaban J connectivity index is 1.97. The van der Waals surface area contributed by atoms with Gasteiger partial charge in [-0.05, 0) is 39.0 Å². The lowest BCUT2D eigenvalue weighted by Gasteiger charge is -2.24. The van der Waals surface area contributed by atoms with Gasteiger partial charge >= 0.3 is 12.3 Å². The summed E-state index contributed by atoms with van der Waals surface area (Å²) in [6.07, 6.45) is -4.67. The Morgan fingerprint density at radius 2 is 1.96 bits per heavy atom. The number of nitrogen functional groups attached to an aromatic ring is 1. The first-order valence-electron chi connectivity index (χ1n) is 7.57.